The molecule has 0 saturated heterocycles. The number of rotatable bonds is 6. The lowest BCUT2D eigenvalue weighted by Crippen LogP contribution is -2.39. The third kappa shape index (κ3) is 5.12. The largest absolute Gasteiger partial charge is 0.465 e. The zero-order valence-corrected chi connectivity index (χ0v) is 13.9. The van der Waals surface area contributed by atoms with Crippen molar-refractivity contribution >= 4 is 27.8 Å². The van der Waals surface area contributed by atoms with E-state index in [4.69, 9.17) is 4.74 Å². The quantitative estimate of drug-likeness (QED) is 0.732. The van der Waals surface area contributed by atoms with Gasteiger partial charge in [-0.25, -0.2) is 4.39 Å². The number of carbonyl (C=O) groups excluding carboxylic acids is 2. The standard InChI is InChI=1S/C15H19BrFNO3/c1-4-21-13(19)9-18(8-10(2)3)15(20)11-6-5-7-12(16)14(11)17/h5-7,10H,4,8-9H2,1-3H3. The van der Waals surface area contributed by atoms with Crippen molar-refractivity contribution in [2.75, 3.05) is 19.7 Å². The van der Waals surface area contributed by atoms with Crippen molar-refractivity contribution in [2.24, 2.45) is 5.92 Å². The van der Waals surface area contributed by atoms with Crippen molar-refractivity contribution in [3.63, 3.8) is 0 Å². The molecule has 0 N–H and O–H groups in total. The first-order chi connectivity index (χ1) is 9.86. The summed E-state index contributed by atoms with van der Waals surface area (Å²) < 4.78 is 19.1. The van der Waals surface area contributed by atoms with Gasteiger partial charge in [0.05, 0.1) is 16.6 Å². The third-order valence-corrected chi connectivity index (χ3v) is 3.29. The van der Waals surface area contributed by atoms with E-state index < -0.39 is 17.7 Å². The topological polar surface area (TPSA) is 46.6 Å². The van der Waals surface area contributed by atoms with Crippen LogP contribution < -0.4 is 0 Å². The maximum absolute atomic E-state index is 14.0. The molecule has 0 aliphatic heterocycles. The molecule has 116 valence electrons. The Morgan fingerprint density at radius 2 is 2.05 bits per heavy atom. The van der Waals surface area contributed by atoms with Gasteiger partial charge in [-0.2, -0.15) is 0 Å². The van der Waals surface area contributed by atoms with Crippen LogP contribution in [-0.2, 0) is 9.53 Å². The van der Waals surface area contributed by atoms with Gasteiger partial charge in [-0.15, -0.1) is 0 Å². The van der Waals surface area contributed by atoms with Crippen LogP contribution >= 0.6 is 15.9 Å². The number of hydrogen-bond acceptors (Lipinski definition) is 3. The molecule has 21 heavy (non-hydrogen) atoms. The van der Waals surface area contributed by atoms with Gasteiger partial charge in [-0.3, -0.25) is 9.59 Å². The van der Waals surface area contributed by atoms with Crippen LogP contribution in [0.15, 0.2) is 22.7 Å². The Labute approximate surface area is 132 Å². The number of nitrogens with zero attached hydrogens (tertiary/aromatic N) is 1. The average Bonchev–Trinajstić information content (AvgIpc) is 2.40. The van der Waals surface area contributed by atoms with Gasteiger partial charge in [0.1, 0.15) is 12.4 Å². The molecule has 0 bridgehead atoms. The fraction of sp³-hybridized carbons (Fsp3) is 0.467. The lowest BCUT2D eigenvalue weighted by atomic mass is 10.1. The summed E-state index contributed by atoms with van der Waals surface area (Å²) in [7, 11) is 0. The number of benzene rings is 1. The number of amides is 1. The van der Waals surface area contributed by atoms with Crippen LogP contribution in [0.2, 0.25) is 0 Å². The van der Waals surface area contributed by atoms with Gasteiger partial charge < -0.3 is 9.64 Å². The Balaban J connectivity index is 2.99. The first kappa shape index (κ1) is 17.6. The first-order valence-corrected chi connectivity index (χ1v) is 7.55. The number of hydrogen-bond donors (Lipinski definition) is 0. The molecule has 1 amide bonds. The molecule has 0 unspecified atom stereocenters. The smallest absolute Gasteiger partial charge is 0.325 e. The van der Waals surface area contributed by atoms with Gasteiger partial charge in [0.25, 0.3) is 5.91 Å². The highest BCUT2D eigenvalue weighted by Crippen LogP contribution is 2.20. The van der Waals surface area contributed by atoms with Gasteiger partial charge in [-0.05, 0) is 40.9 Å². The summed E-state index contributed by atoms with van der Waals surface area (Å²) in [4.78, 5) is 25.4. The van der Waals surface area contributed by atoms with Crippen LogP contribution in [0.4, 0.5) is 4.39 Å². The van der Waals surface area contributed by atoms with E-state index in [1.165, 1.54) is 17.0 Å². The fourth-order valence-electron chi connectivity index (χ4n) is 1.86. The normalized spacial score (nSPS) is 10.6. The number of carbonyl (C=O) groups is 2. The third-order valence-electron chi connectivity index (χ3n) is 2.68. The summed E-state index contributed by atoms with van der Waals surface area (Å²) in [5.41, 5.74) is -0.0608. The molecule has 4 nitrogen and oxygen atoms in total. The van der Waals surface area contributed by atoms with Crippen LogP contribution in [0.1, 0.15) is 31.1 Å². The molecule has 0 aliphatic carbocycles. The molecule has 0 atom stereocenters. The zero-order chi connectivity index (χ0) is 16.0. The Morgan fingerprint density at radius 3 is 2.62 bits per heavy atom. The van der Waals surface area contributed by atoms with Gasteiger partial charge in [0.15, 0.2) is 0 Å². The lowest BCUT2D eigenvalue weighted by molar-refractivity contribution is -0.143. The van der Waals surface area contributed by atoms with E-state index in [2.05, 4.69) is 15.9 Å². The number of esters is 1. The van der Waals surface area contributed by atoms with E-state index >= 15 is 0 Å². The minimum absolute atomic E-state index is 0.0608. The second-order valence-electron chi connectivity index (χ2n) is 4.99. The highest BCUT2D eigenvalue weighted by Gasteiger charge is 2.23. The minimum Gasteiger partial charge on any atom is -0.465 e. The van der Waals surface area contributed by atoms with Gasteiger partial charge in [0.2, 0.25) is 0 Å². The molecule has 1 rings (SSSR count). The summed E-state index contributed by atoms with van der Waals surface area (Å²) >= 11 is 3.05. The Kier molecular flexibility index (Phi) is 6.81. The van der Waals surface area contributed by atoms with Crippen molar-refractivity contribution in [1.82, 2.24) is 4.90 Å². The molecule has 0 spiro atoms. The van der Waals surface area contributed by atoms with E-state index in [0.29, 0.717) is 6.54 Å². The second kappa shape index (κ2) is 8.12. The average molecular weight is 360 g/mol. The molecule has 0 aliphatic rings. The molecule has 0 heterocycles. The molecule has 0 aromatic heterocycles. The first-order valence-electron chi connectivity index (χ1n) is 6.75. The predicted octanol–water partition coefficient (Wildman–Crippen LogP) is 3.25. The van der Waals surface area contributed by atoms with Crippen LogP contribution in [0, 0.1) is 11.7 Å². The van der Waals surface area contributed by atoms with Gasteiger partial charge in [0, 0.05) is 6.54 Å². The van der Waals surface area contributed by atoms with E-state index in [-0.39, 0.29) is 29.1 Å². The van der Waals surface area contributed by atoms with Crippen molar-refractivity contribution in [1.29, 1.82) is 0 Å². The number of halogens is 2. The van der Waals surface area contributed by atoms with Crippen LogP contribution in [0.25, 0.3) is 0 Å². The monoisotopic (exact) mass is 359 g/mol. The highest BCUT2D eigenvalue weighted by atomic mass is 79.9. The summed E-state index contributed by atoms with van der Waals surface area (Å²) in [6, 6.07) is 4.50. The van der Waals surface area contributed by atoms with Crippen molar-refractivity contribution in [2.45, 2.75) is 20.8 Å². The van der Waals surface area contributed by atoms with Gasteiger partial charge in [-0.1, -0.05) is 19.9 Å². The van der Waals surface area contributed by atoms with E-state index in [9.17, 15) is 14.0 Å². The Morgan fingerprint density at radius 1 is 1.38 bits per heavy atom. The van der Waals surface area contributed by atoms with Crippen LogP contribution in [0.5, 0.6) is 0 Å². The molecular formula is C15H19BrFNO3. The molecule has 0 saturated carbocycles. The summed E-state index contributed by atoms with van der Waals surface area (Å²) in [5.74, 6) is -1.49. The van der Waals surface area contributed by atoms with Crippen molar-refractivity contribution in [3.8, 4) is 0 Å². The van der Waals surface area contributed by atoms with Crippen LogP contribution in [0.3, 0.4) is 0 Å². The summed E-state index contributed by atoms with van der Waals surface area (Å²) in [6.45, 7) is 5.94. The second-order valence-corrected chi connectivity index (χ2v) is 5.84. The summed E-state index contributed by atoms with van der Waals surface area (Å²) in [6.07, 6.45) is 0. The Bertz CT molecular complexity index is 520. The van der Waals surface area contributed by atoms with E-state index in [0.717, 1.165) is 0 Å². The maximum atomic E-state index is 14.0. The van der Waals surface area contributed by atoms with E-state index in [1.807, 2.05) is 13.8 Å². The molecule has 6 heteroatoms. The molecule has 0 radical (unpaired) electrons. The highest BCUT2D eigenvalue weighted by molar-refractivity contribution is 9.10. The van der Waals surface area contributed by atoms with Crippen LogP contribution in [-0.4, -0.2) is 36.5 Å². The minimum atomic E-state index is -0.625. The van der Waals surface area contributed by atoms with E-state index in [1.54, 1.807) is 13.0 Å². The van der Waals surface area contributed by atoms with Crippen molar-refractivity contribution < 1.29 is 18.7 Å². The lowest BCUT2D eigenvalue weighted by Gasteiger charge is -2.24. The molecular weight excluding hydrogens is 341 g/mol. The molecule has 1 aromatic rings. The molecule has 1 aromatic carbocycles. The Hall–Kier alpha value is -1.43. The fourth-order valence-corrected chi connectivity index (χ4v) is 2.23. The molecule has 0 fully saturated rings. The van der Waals surface area contributed by atoms with Gasteiger partial charge >= 0.3 is 5.97 Å². The SMILES string of the molecule is CCOC(=O)CN(CC(C)C)C(=O)c1cccc(Br)c1F. The number of ether oxygens (including phenoxy) is 1. The zero-order valence-electron chi connectivity index (χ0n) is 12.4. The predicted molar refractivity (Wildman–Crippen MR) is 81.5 cm³/mol. The maximum Gasteiger partial charge on any atom is 0.325 e. The summed E-state index contributed by atoms with van der Waals surface area (Å²) in [5, 5.41) is 0. The van der Waals surface area contributed by atoms with Crippen molar-refractivity contribution in [3.05, 3.63) is 34.1 Å².